The maximum Gasteiger partial charge on any atom is 0.124 e. The SMILES string of the molecule is OCC#Cc1ccc(OCCSc2cccc(F)c2)cc1. The van der Waals surface area contributed by atoms with Gasteiger partial charge in [0.1, 0.15) is 18.2 Å². The number of hydrogen-bond donors (Lipinski definition) is 1. The highest BCUT2D eigenvalue weighted by molar-refractivity contribution is 7.99. The van der Waals surface area contributed by atoms with Crippen molar-refractivity contribution in [2.75, 3.05) is 19.0 Å². The first-order valence-electron chi connectivity index (χ1n) is 6.49. The maximum atomic E-state index is 13.0. The Morgan fingerprint density at radius 3 is 2.67 bits per heavy atom. The largest absolute Gasteiger partial charge is 0.493 e. The summed E-state index contributed by atoms with van der Waals surface area (Å²) in [5, 5.41) is 8.61. The van der Waals surface area contributed by atoms with Gasteiger partial charge >= 0.3 is 0 Å². The average molecular weight is 302 g/mol. The van der Waals surface area contributed by atoms with Gasteiger partial charge in [-0.1, -0.05) is 17.9 Å². The van der Waals surface area contributed by atoms with Crippen molar-refractivity contribution in [1.82, 2.24) is 0 Å². The Labute approximate surface area is 128 Å². The van der Waals surface area contributed by atoms with E-state index in [2.05, 4.69) is 11.8 Å². The molecule has 0 aromatic heterocycles. The Kier molecular flexibility index (Phi) is 6.14. The number of halogens is 1. The van der Waals surface area contributed by atoms with Crippen molar-refractivity contribution in [2.24, 2.45) is 0 Å². The molecule has 0 bridgehead atoms. The lowest BCUT2D eigenvalue weighted by molar-refractivity contribution is 0.344. The summed E-state index contributed by atoms with van der Waals surface area (Å²) in [4.78, 5) is 0.897. The zero-order valence-electron chi connectivity index (χ0n) is 11.4. The summed E-state index contributed by atoms with van der Waals surface area (Å²) in [7, 11) is 0. The summed E-state index contributed by atoms with van der Waals surface area (Å²) in [6.07, 6.45) is 0. The monoisotopic (exact) mass is 302 g/mol. The van der Waals surface area contributed by atoms with E-state index in [0.29, 0.717) is 6.61 Å². The van der Waals surface area contributed by atoms with Crippen LogP contribution in [0, 0.1) is 17.7 Å². The molecule has 0 saturated carbocycles. The highest BCUT2D eigenvalue weighted by Crippen LogP contribution is 2.19. The molecule has 0 aliphatic carbocycles. The fourth-order valence-corrected chi connectivity index (χ4v) is 2.42. The van der Waals surface area contributed by atoms with Gasteiger partial charge in [-0.3, -0.25) is 0 Å². The van der Waals surface area contributed by atoms with E-state index < -0.39 is 0 Å². The topological polar surface area (TPSA) is 29.5 Å². The molecule has 0 fully saturated rings. The number of thioether (sulfide) groups is 1. The third-order valence-corrected chi connectivity index (χ3v) is 3.54. The second kappa shape index (κ2) is 8.35. The molecule has 2 nitrogen and oxygen atoms in total. The number of aliphatic hydroxyl groups excluding tert-OH is 1. The van der Waals surface area contributed by atoms with Gasteiger partial charge in [-0.25, -0.2) is 4.39 Å². The van der Waals surface area contributed by atoms with E-state index in [9.17, 15) is 4.39 Å². The van der Waals surface area contributed by atoms with Gasteiger partial charge in [-0.2, -0.15) is 0 Å². The molecule has 0 atom stereocenters. The first-order valence-corrected chi connectivity index (χ1v) is 7.47. The molecule has 0 amide bonds. The Balaban J connectivity index is 1.76. The predicted octanol–water partition coefficient (Wildman–Crippen LogP) is 3.34. The Bertz CT molecular complexity index is 629. The third kappa shape index (κ3) is 5.50. The molecule has 108 valence electrons. The second-order valence-corrected chi connectivity index (χ2v) is 5.31. The van der Waals surface area contributed by atoms with Crippen molar-refractivity contribution in [3.63, 3.8) is 0 Å². The number of ether oxygens (including phenoxy) is 1. The highest BCUT2D eigenvalue weighted by atomic mass is 32.2. The second-order valence-electron chi connectivity index (χ2n) is 4.14. The van der Waals surface area contributed by atoms with Crippen LogP contribution in [-0.2, 0) is 0 Å². The lowest BCUT2D eigenvalue weighted by Gasteiger charge is -2.06. The van der Waals surface area contributed by atoms with Crippen molar-refractivity contribution < 1.29 is 14.2 Å². The van der Waals surface area contributed by atoms with Crippen molar-refractivity contribution in [3.8, 4) is 17.6 Å². The average Bonchev–Trinajstić information content (AvgIpc) is 2.51. The van der Waals surface area contributed by atoms with Gasteiger partial charge in [0.2, 0.25) is 0 Å². The first kappa shape index (κ1) is 15.4. The quantitative estimate of drug-likeness (QED) is 0.522. The van der Waals surface area contributed by atoms with Crippen molar-refractivity contribution >= 4 is 11.8 Å². The normalized spacial score (nSPS) is 9.81. The van der Waals surface area contributed by atoms with E-state index in [1.54, 1.807) is 17.8 Å². The van der Waals surface area contributed by atoms with Crippen molar-refractivity contribution in [2.45, 2.75) is 4.90 Å². The van der Waals surface area contributed by atoms with Crippen LogP contribution in [0.4, 0.5) is 4.39 Å². The van der Waals surface area contributed by atoms with E-state index >= 15 is 0 Å². The molecule has 1 N–H and O–H groups in total. The number of benzene rings is 2. The van der Waals surface area contributed by atoms with Crippen molar-refractivity contribution in [3.05, 3.63) is 59.9 Å². The first-order chi connectivity index (χ1) is 10.3. The summed E-state index contributed by atoms with van der Waals surface area (Å²) in [5.74, 6) is 6.70. The van der Waals surface area contributed by atoms with E-state index in [1.165, 1.54) is 12.1 Å². The summed E-state index contributed by atoms with van der Waals surface area (Å²) < 4.78 is 18.6. The van der Waals surface area contributed by atoms with Crippen molar-refractivity contribution in [1.29, 1.82) is 0 Å². The Morgan fingerprint density at radius 2 is 1.95 bits per heavy atom. The minimum atomic E-state index is -0.222. The Morgan fingerprint density at radius 1 is 1.14 bits per heavy atom. The molecular formula is C17H15FO2S. The van der Waals surface area contributed by atoms with E-state index in [4.69, 9.17) is 9.84 Å². The maximum absolute atomic E-state index is 13.0. The van der Waals surface area contributed by atoms with E-state index in [0.717, 1.165) is 22.0 Å². The molecule has 0 aliphatic rings. The van der Waals surface area contributed by atoms with E-state index in [1.807, 2.05) is 30.3 Å². The van der Waals surface area contributed by atoms with Gasteiger partial charge in [0.15, 0.2) is 0 Å². The molecule has 0 aliphatic heterocycles. The standard InChI is InChI=1S/C17H15FO2S/c18-15-4-1-5-17(13-15)21-12-11-20-16-8-6-14(7-9-16)3-2-10-19/h1,4-9,13,19H,10-12H2. The summed E-state index contributed by atoms with van der Waals surface area (Å²) >= 11 is 1.55. The minimum absolute atomic E-state index is 0.143. The molecule has 0 saturated heterocycles. The number of rotatable bonds is 5. The zero-order chi connectivity index (χ0) is 14.9. The molecule has 0 unspecified atom stereocenters. The Hall–Kier alpha value is -1.96. The van der Waals surface area contributed by atoms with Crippen LogP contribution in [-0.4, -0.2) is 24.1 Å². The summed E-state index contributed by atoms with van der Waals surface area (Å²) in [6.45, 7) is 0.401. The van der Waals surface area contributed by atoms with Gasteiger partial charge in [0.25, 0.3) is 0 Å². The predicted molar refractivity (Wildman–Crippen MR) is 83.0 cm³/mol. The lowest BCUT2D eigenvalue weighted by Crippen LogP contribution is -1.99. The molecule has 2 rings (SSSR count). The van der Waals surface area contributed by atoms with Gasteiger partial charge in [-0.05, 0) is 42.5 Å². The summed E-state index contributed by atoms with van der Waals surface area (Å²) in [5.41, 5.74) is 0.838. The molecule has 0 radical (unpaired) electrons. The van der Waals surface area contributed by atoms with Gasteiger partial charge in [0.05, 0.1) is 6.61 Å². The fourth-order valence-electron chi connectivity index (χ4n) is 1.65. The zero-order valence-corrected chi connectivity index (χ0v) is 12.2. The van der Waals surface area contributed by atoms with Crippen LogP contribution in [0.1, 0.15) is 5.56 Å². The third-order valence-electron chi connectivity index (χ3n) is 2.58. The van der Waals surface area contributed by atoms with Gasteiger partial charge in [0, 0.05) is 16.2 Å². The lowest BCUT2D eigenvalue weighted by atomic mass is 10.2. The van der Waals surface area contributed by atoms with Gasteiger partial charge < -0.3 is 9.84 Å². The summed E-state index contributed by atoms with van der Waals surface area (Å²) in [6, 6.07) is 13.9. The van der Waals surface area contributed by atoms with Crippen LogP contribution in [0.5, 0.6) is 5.75 Å². The molecule has 2 aromatic rings. The van der Waals surface area contributed by atoms with Crippen LogP contribution < -0.4 is 4.74 Å². The van der Waals surface area contributed by atoms with Crippen LogP contribution >= 0.6 is 11.8 Å². The molecule has 0 spiro atoms. The fraction of sp³-hybridized carbons (Fsp3) is 0.176. The van der Waals surface area contributed by atoms with Gasteiger partial charge in [-0.15, -0.1) is 11.8 Å². The van der Waals surface area contributed by atoms with Crippen LogP contribution in [0.3, 0.4) is 0 Å². The van der Waals surface area contributed by atoms with Crippen LogP contribution in [0.25, 0.3) is 0 Å². The smallest absolute Gasteiger partial charge is 0.124 e. The minimum Gasteiger partial charge on any atom is -0.493 e. The number of aliphatic hydroxyl groups is 1. The molecule has 2 aromatic carbocycles. The van der Waals surface area contributed by atoms with Crippen LogP contribution in [0.2, 0.25) is 0 Å². The molecule has 21 heavy (non-hydrogen) atoms. The van der Waals surface area contributed by atoms with E-state index in [-0.39, 0.29) is 12.4 Å². The number of hydrogen-bond acceptors (Lipinski definition) is 3. The van der Waals surface area contributed by atoms with Crippen LogP contribution in [0.15, 0.2) is 53.4 Å². The molecular weight excluding hydrogens is 287 g/mol. The highest BCUT2D eigenvalue weighted by Gasteiger charge is 1.98. The molecule has 4 heteroatoms. The molecule has 0 heterocycles.